The highest BCUT2D eigenvalue weighted by Gasteiger charge is 2.83. The maximum absolute atomic E-state index is 11.5. The number of aliphatic hydroxyl groups is 2. The molecule has 5 aliphatic rings. The van der Waals surface area contributed by atoms with E-state index in [0.29, 0.717) is 17.8 Å². The van der Waals surface area contributed by atoms with Crippen molar-refractivity contribution in [2.24, 2.45) is 28.6 Å². The van der Waals surface area contributed by atoms with Crippen molar-refractivity contribution in [3.63, 3.8) is 0 Å². The number of epoxide rings is 1. The van der Waals surface area contributed by atoms with E-state index < -0.39 is 6.10 Å². The van der Waals surface area contributed by atoms with Crippen molar-refractivity contribution in [3.8, 4) is 0 Å². The van der Waals surface area contributed by atoms with Crippen LogP contribution in [0.15, 0.2) is 27.6 Å². The summed E-state index contributed by atoms with van der Waals surface area (Å²) < 4.78 is 11.6. The molecule has 29 heavy (non-hydrogen) atoms. The van der Waals surface area contributed by atoms with Crippen LogP contribution in [0.1, 0.15) is 70.3 Å². The highest BCUT2D eigenvalue weighted by Crippen LogP contribution is 2.77. The number of aliphatic hydroxyl groups excluding tert-OH is 2. The maximum atomic E-state index is 11.5. The lowest BCUT2D eigenvalue weighted by atomic mass is 9.44. The van der Waals surface area contributed by atoms with E-state index >= 15 is 0 Å². The predicted octanol–water partition coefficient (Wildman–Crippen LogP) is 3.23. The van der Waals surface area contributed by atoms with E-state index in [0.717, 1.165) is 50.5 Å². The molecule has 0 unspecified atom stereocenters. The van der Waals surface area contributed by atoms with Crippen molar-refractivity contribution in [1.29, 1.82) is 0 Å². The minimum Gasteiger partial charge on any atom is -0.431 e. The number of hydrogen-bond acceptors (Lipinski definition) is 5. The molecule has 4 saturated carbocycles. The Morgan fingerprint density at radius 2 is 1.86 bits per heavy atom. The van der Waals surface area contributed by atoms with Gasteiger partial charge in [-0.05, 0) is 79.7 Å². The molecule has 6 rings (SSSR count). The Labute approximate surface area is 171 Å². The fourth-order valence-corrected chi connectivity index (χ4v) is 8.81. The standard InChI is InChI=1S/C24H32O5/c1-22-9-7-15(25)11-14(22)4-5-17-16(22)8-10-23(2)19(13-3-6-18(26)28-12-13)20(27)21-24(17,23)29-21/h3,6,12,14-17,19-21,25,27H,4-5,7-11H2,1-2H3/t14-,15+,16+,17-,19+,20-,21-,22+,23-,24-/m1/s1. The second-order valence-corrected chi connectivity index (χ2v) is 11.1. The fourth-order valence-electron chi connectivity index (χ4n) is 8.81. The lowest BCUT2D eigenvalue weighted by Crippen LogP contribution is -2.58. The third kappa shape index (κ3) is 2.14. The molecule has 1 aromatic rings. The van der Waals surface area contributed by atoms with Crippen molar-refractivity contribution in [2.45, 2.75) is 88.6 Å². The van der Waals surface area contributed by atoms with E-state index in [2.05, 4.69) is 13.8 Å². The zero-order valence-corrected chi connectivity index (χ0v) is 17.3. The Kier molecular flexibility index (Phi) is 3.68. The average Bonchev–Trinajstić information content (AvgIpc) is 3.40. The van der Waals surface area contributed by atoms with Crippen LogP contribution in [0.25, 0.3) is 0 Å². The van der Waals surface area contributed by atoms with Crippen molar-refractivity contribution >= 4 is 0 Å². The van der Waals surface area contributed by atoms with Gasteiger partial charge < -0.3 is 19.4 Å². The topological polar surface area (TPSA) is 83.2 Å². The quantitative estimate of drug-likeness (QED) is 0.707. The summed E-state index contributed by atoms with van der Waals surface area (Å²) in [6, 6.07) is 3.30. The summed E-state index contributed by atoms with van der Waals surface area (Å²) in [5, 5.41) is 21.5. The molecule has 5 fully saturated rings. The lowest BCUT2D eigenvalue weighted by Gasteiger charge is -2.61. The molecular formula is C24H32O5. The third-order valence-corrected chi connectivity index (χ3v) is 10.2. The molecule has 1 aliphatic heterocycles. The monoisotopic (exact) mass is 400 g/mol. The van der Waals surface area contributed by atoms with Crippen LogP contribution in [-0.4, -0.2) is 34.1 Å². The Balaban J connectivity index is 1.38. The Morgan fingerprint density at radius 1 is 1.03 bits per heavy atom. The van der Waals surface area contributed by atoms with E-state index in [-0.39, 0.29) is 40.2 Å². The maximum Gasteiger partial charge on any atom is 0.335 e. The van der Waals surface area contributed by atoms with Gasteiger partial charge in [0.2, 0.25) is 0 Å². The minimum atomic E-state index is -0.551. The number of rotatable bonds is 1. The van der Waals surface area contributed by atoms with Crippen LogP contribution in [0.2, 0.25) is 0 Å². The Hall–Kier alpha value is -1.17. The summed E-state index contributed by atoms with van der Waals surface area (Å²) in [7, 11) is 0. The summed E-state index contributed by atoms with van der Waals surface area (Å²) in [5.41, 5.74) is 0.457. The van der Waals surface area contributed by atoms with E-state index in [1.165, 1.54) is 6.07 Å². The van der Waals surface area contributed by atoms with Gasteiger partial charge in [0.1, 0.15) is 11.7 Å². The highest BCUT2D eigenvalue weighted by atomic mass is 16.6. The summed E-state index contributed by atoms with van der Waals surface area (Å²) in [5.74, 6) is 1.63. The molecule has 158 valence electrons. The number of hydrogen-bond donors (Lipinski definition) is 2. The second kappa shape index (κ2) is 5.74. The van der Waals surface area contributed by atoms with Gasteiger partial charge in [-0.1, -0.05) is 13.8 Å². The molecule has 0 bridgehead atoms. The molecule has 10 atom stereocenters. The fraction of sp³-hybridized carbons (Fsp3) is 0.792. The molecule has 5 nitrogen and oxygen atoms in total. The third-order valence-electron chi connectivity index (χ3n) is 10.2. The molecule has 4 aliphatic carbocycles. The van der Waals surface area contributed by atoms with Crippen LogP contribution in [-0.2, 0) is 4.74 Å². The molecule has 0 radical (unpaired) electrons. The molecular weight excluding hydrogens is 368 g/mol. The van der Waals surface area contributed by atoms with Gasteiger partial charge in [-0.15, -0.1) is 0 Å². The van der Waals surface area contributed by atoms with E-state index in [9.17, 15) is 15.0 Å². The summed E-state index contributed by atoms with van der Waals surface area (Å²) in [6.07, 6.45) is 8.19. The van der Waals surface area contributed by atoms with Crippen molar-refractivity contribution in [2.75, 3.05) is 0 Å². The van der Waals surface area contributed by atoms with Gasteiger partial charge >= 0.3 is 5.63 Å². The first-order chi connectivity index (χ1) is 13.8. The SMILES string of the molecule is C[C@]12CC[C@H](O)C[C@H]1CC[C@@H]1[C@@H]2CC[C@]2(C)[C@@H](c3ccc(=O)oc3)[C@@H](O)[C@H]3O[C@]132. The second-order valence-electron chi connectivity index (χ2n) is 11.1. The van der Waals surface area contributed by atoms with Gasteiger partial charge in [-0.2, -0.15) is 0 Å². The summed E-state index contributed by atoms with van der Waals surface area (Å²) >= 11 is 0. The molecule has 0 amide bonds. The molecule has 5 heteroatoms. The number of ether oxygens (including phenoxy) is 1. The first kappa shape index (κ1) is 18.6. The Morgan fingerprint density at radius 3 is 2.62 bits per heavy atom. The largest absolute Gasteiger partial charge is 0.431 e. The first-order valence-electron chi connectivity index (χ1n) is 11.4. The molecule has 1 saturated heterocycles. The van der Waals surface area contributed by atoms with Gasteiger partial charge in [0.25, 0.3) is 0 Å². The van der Waals surface area contributed by atoms with E-state index in [1.54, 1.807) is 6.26 Å². The van der Waals surface area contributed by atoms with Crippen LogP contribution < -0.4 is 5.63 Å². The summed E-state index contributed by atoms with van der Waals surface area (Å²) in [4.78, 5) is 11.5. The van der Waals surface area contributed by atoms with Crippen LogP contribution in [0.4, 0.5) is 0 Å². The van der Waals surface area contributed by atoms with Crippen LogP contribution in [0.3, 0.4) is 0 Å². The van der Waals surface area contributed by atoms with Crippen LogP contribution in [0.5, 0.6) is 0 Å². The lowest BCUT2D eigenvalue weighted by molar-refractivity contribution is -0.143. The molecule has 1 spiro atoms. The van der Waals surface area contributed by atoms with Gasteiger partial charge in [0.05, 0.1) is 18.5 Å². The molecule has 1 aromatic heterocycles. The first-order valence-corrected chi connectivity index (χ1v) is 11.4. The Bertz CT molecular complexity index is 875. The van der Waals surface area contributed by atoms with E-state index in [4.69, 9.17) is 9.15 Å². The molecule has 2 N–H and O–H groups in total. The minimum absolute atomic E-state index is 0.0507. The van der Waals surface area contributed by atoms with Gasteiger partial charge in [-0.3, -0.25) is 0 Å². The predicted molar refractivity (Wildman–Crippen MR) is 106 cm³/mol. The van der Waals surface area contributed by atoms with Crippen LogP contribution in [0, 0.1) is 28.6 Å². The number of fused-ring (bicyclic) bond motifs is 3. The van der Waals surface area contributed by atoms with Crippen molar-refractivity contribution in [3.05, 3.63) is 34.4 Å². The summed E-state index contributed by atoms with van der Waals surface area (Å²) in [6.45, 7) is 4.76. The smallest absolute Gasteiger partial charge is 0.335 e. The zero-order valence-electron chi connectivity index (χ0n) is 17.3. The van der Waals surface area contributed by atoms with Crippen molar-refractivity contribution in [1.82, 2.24) is 0 Å². The van der Waals surface area contributed by atoms with Crippen LogP contribution >= 0.6 is 0 Å². The van der Waals surface area contributed by atoms with Gasteiger partial charge in [-0.25, -0.2) is 4.79 Å². The molecule has 0 aromatic carbocycles. The van der Waals surface area contributed by atoms with E-state index in [1.807, 2.05) is 6.07 Å². The zero-order chi connectivity index (χ0) is 20.2. The van der Waals surface area contributed by atoms with Crippen molar-refractivity contribution < 1.29 is 19.4 Å². The average molecular weight is 401 g/mol. The van der Waals surface area contributed by atoms with Gasteiger partial charge in [0, 0.05) is 17.4 Å². The normalized spacial score (nSPS) is 55.4. The highest BCUT2D eigenvalue weighted by molar-refractivity contribution is 5.38. The molecule has 2 heterocycles. The van der Waals surface area contributed by atoms with Gasteiger partial charge in [0.15, 0.2) is 0 Å².